The Balaban J connectivity index is 1.55. The molecule has 0 bridgehead atoms. The number of hydrogen-bond donors (Lipinski definition) is 1. The molecule has 2 heterocycles. The van der Waals surface area contributed by atoms with E-state index < -0.39 is 20.3 Å². The summed E-state index contributed by atoms with van der Waals surface area (Å²) in [6, 6.07) is 7.72. The van der Waals surface area contributed by atoms with Gasteiger partial charge in [-0.05, 0) is 56.6 Å². The van der Waals surface area contributed by atoms with Crippen molar-refractivity contribution < 1.29 is 22.3 Å². The molecular weight excluding hydrogens is 492 g/mol. The highest BCUT2D eigenvalue weighted by molar-refractivity contribution is 7.98. The van der Waals surface area contributed by atoms with Gasteiger partial charge in [-0.1, -0.05) is 6.42 Å². The molecule has 0 spiro atoms. The lowest BCUT2D eigenvalue weighted by atomic mass is 9.56. The second kappa shape index (κ2) is 11.3. The first-order valence-electron chi connectivity index (χ1n) is 12.6. The van der Waals surface area contributed by atoms with E-state index in [1.165, 1.54) is 37.7 Å². The Labute approximate surface area is 220 Å². The van der Waals surface area contributed by atoms with E-state index in [0.717, 1.165) is 32.1 Å². The van der Waals surface area contributed by atoms with E-state index in [2.05, 4.69) is 19.6 Å². The molecule has 37 heavy (non-hydrogen) atoms. The molecule has 1 aromatic heterocycles. The van der Waals surface area contributed by atoms with Crippen LogP contribution >= 0.6 is 0 Å². The summed E-state index contributed by atoms with van der Waals surface area (Å²) < 4.78 is 53.1. The Kier molecular flexibility index (Phi) is 8.33. The van der Waals surface area contributed by atoms with Crippen LogP contribution in [-0.4, -0.2) is 84.6 Å². The van der Waals surface area contributed by atoms with Gasteiger partial charge in [0.05, 0.1) is 30.6 Å². The lowest BCUT2D eigenvalue weighted by molar-refractivity contribution is 0.203. The molecule has 1 fully saturated rings. The molecule has 3 aromatic rings. The number of fused-ring (bicyclic) bond motifs is 1. The molecule has 8 nitrogen and oxygen atoms in total. The molecule has 4 rings (SSSR count). The zero-order chi connectivity index (χ0) is 26.6. The first-order chi connectivity index (χ1) is 17.6. The number of benzene rings is 2. The van der Waals surface area contributed by atoms with Crippen molar-refractivity contribution >= 4 is 50.2 Å². The van der Waals surface area contributed by atoms with Crippen LogP contribution in [0.15, 0.2) is 36.7 Å². The summed E-state index contributed by atoms with van der Waals surface area (Å²) in [5.41, 5.74) is 1.34. The number of aromatic nitrogens is 2. The van der Waals surface area contributed by atoms with Gasteiger partial charge in [0.15, 0.2) is 11.5 Å². The highest BCUT2D eigenvalue weighted by Crippen LogP contribution is 2.36. The number of ether oxygens (including phenoxy) is 2. The van der Waals surface area contributed by atoms with E-state index in [4.69, 9.17) is 9.47 Å². The number of nitrogens with zero attached hydrogens (tertiary/aromatic N) is 3. The minimum Gasteiger partial charge on any atom is -0.493 e. The van der Waals surface area contributed by atoms with Crippen LogP contribution in [0.2, 0.25) is 0 Å². The summed E-state index contributed by atoms with van der Waals surface area (Å²) in [5, 5.41) is 0.599. The van der Waals surface area contributed by atoms with Gasteiger partial charge in [0, 0.05) is 28.0 Å². The van der Waals surface area contributed by atoms with Gasteiger partial charge in [-0.25, -0.2) is 22.8 Å². The monoisotopic (exact) mass is 524 g/mol. The van der Waals surface area contributed by atoms with E-state index >= 15 is 4.39 Å². The second-order valence-electron chi connectivity index (χ2n) is 10.3. The van der Waals surface area contributed by atoms with E-state index in [9.17, 15) is 8.42 Å². The zero-order valence-corrected chi connectivity index (χ0v) is 22.7. The van der Waals surface area contributed by atoms with E-state index in [-0.39, 0.29) is 11.3 Å². The summed E-state index contributed by atoms with van der Waals surface area (Å²) >= 11 is 0. The summed E-state index contributed by atoms with van der Waals surface area (Å²) in [6.07, 6.45) is 6.12. The quantitative estimate of drug-likeness (QED) is 0.312. The fourth-order valence-electron chi connectivity index (χ4n) is 4.28. The second-order valence-corrected chi connectivity index (χ2v) is 12.7. The topological polar surface area (TPSA) is 93.7 Å². The van der Waals surface area contributed by atoms with Crippen molar-refractivity contribution in [3.05, 3.63) is 42.5 Å². The maximum absolute atomic E-state index is 15.2. The SMILES string of the molecule is BC(B)(B)S(=O)(=O)Nc1ccc(-c2ncnc3cc(OCCCN4CCCCC4)c(OC)cc23)c(F)c1. The van der Waals surface area contributed by atoms with Crippen molar-refractivity contribution in [2.75, 3.05) is 38.1 Å². The molecule has 0 aliphatic carbocycles. The van der Waals surface area contributed by atoms with Gasteiger partial charge >= 0.3 is 0 Å². The van der Waals surface area contributed by atoms with Crippen LogP contribution in [0.3, 0.4) is 0 Å². The first-order valence-corrected chi connectivity index (χ1v) is 14.1. The number of halogens is 1. The number of nitrogens with one attached hydrogen (secondary N) is 1. The van der Waals surface area contributed by atoms with Crippen molar-refractivity contribution in [1.82, 2.24) is 14.9 Å². The van der Waals surface area contributed by atoms with Crippen LogP contribution in [0.5, 0.6) is 11.5 Å². The molecule has 0 saturated carbocycles. The zero-order valence-electron chi connectivity index (χ0n) is 21.9. The van der Waals surface area contributed by atoms with Crippen molar-refractivity contribution in [1.29, 1.82) is 0 Å². The minimum absolute atomic E-state index is 0.146. The van der Waals surface area contributed by atoms with Crippen LogP contribution in [-0.2, 0) is 10.0 Å². The smallest absolute Gasteiger partial charge is 0.216 e. The number of likely N-dealkylation sites (tertiary alicyclic amines) is 1. The van der Waals surface area contributed by atoms with Gasteiger partial charge in [0.1, 0.15) is 35.7 Å². The Hall–Kier alpha value is -2.79. The molecule has 0 unspecified atom stereocenters. The summed E-state index contributed by atoms with van der Waals surface area (Å²) in [6.45, 7) is 3.86. The molecule has 0 atom stereocenters. The molecule has 2 aromatic carbocycles. The Bertz CT molecular complexity index is 1370. The van der Waals surface area contributed by atoms with E-state index in [1.807, 2.05) is 0 Å². The molecule has 1 aliphatic heterocycles. The lowest BCUT2D eigenvalue weighted by Gasteiger charge is -2.26. The highest BCUT2D eigenvalue weighted by Gasteiger charge is 2.29. The largest absolute Gasteiger partial charge is 0.493 e. The van der Waals surface area contributed by atoms with Gasteiger partial charge in [-0.3, -0.25) is 4.72 Å². The van der Waals surface area contributed by atoms with Crippen molar-refractivity contribution in [2.24, 2.45) is 0 Å². The van der Waals surface area contributed by atoms with Crippen LogP contribution in [0.25, 0.3) is 22.2 Å². The number of methoxy groups -OCH3 is 1. The molecule has 1 saturated heterocycles. The number of hydrogen-bond acceptors (Lipinski definition) is 7. The van der Waals surface area contributed by atoms with Gasteiger partial charge in [-0.15, -0.1) is 0 Å². The van der Waals surface area contributed by atoms with Crippen molar-refractivity contribution in [3.63, 3.8) is 0 Å². The highest BCUT2D eigenvalue weighted by atomic mass is 32.2. The van der Waals surface area contributed by atoms with Crippen molar-refractivity contribution in [3.8, 4) is 22.8 Å². The average Bonchev–Trinajstić information content (AvgIpc) is 2.85. The lowest BCUT2D eigenvalue weighted by Crippen LogP contribution is -2.44. The molecule has 13 heteroatoms. The van der Waals surface area contributed by atoms with Crippen LogP contribution < -0.4 is 14.2 Å². The van der Waals surface area contributed by atoms with E-state index in [1.54, 1.807) is 42.8 Å². The number of anilines is 1. The Morgan fingerprint density at radius 3 is 2.51 bits per heavy atom. The maximum Gasteiger partial charge on any atom is 0.216 e. The first kappa shape index (κ1) is 27.3. The molecule has 0 amide bonds. The maximum atomic E-state index is 15.2. The molecule has 1 N–H and O–H groups in total. The van der Waals surface area contributed by atoms with Gasteiger partial charge in [0.2, 0.25) is 10.0 Å². The standard InChI is InChI=1S/C24H32B3FN4O4S/c1-35-21-13-18-20(14-22(21)36-11-5-10-32-8-3-2-4-9-32)29-15-30-23(18)17-7-6-16(12-19(17)28)31-37(33,34)24(25,26)27/h6-7,12-15,31H,2-5,8-11,25-27H2,1H3. The third kappa shape index (κ3) is 6.38. The molecular formula is C24H32B3FN4O4S. The molecule has 0 radical (unpaired) electrons. The number of piperidine rings is 1. The summed E-state index contributed by atoms with van der Waals surface area (Å²) in [5.74, 6) is 0.480. The summed E-state index contributed by atoms with van der Waals surface area (Å²) in [4.78, 5) is 11.2. The predicted molar refractivity (Wildman–Crippen MR) is 153 cm³/mol. The van der Waals surface area contributed by atoms with Gasteiger partial charge < -0.3 is 14.4 Å². The predicted octanol–water partition coefficient (Wildman–Crippen LogP) is 0.952. The fraction of sp³-hybridized carbons (Fsp3) is 0.417. The van der Waals surface area contributed by atoms with Gasteiger partial charge in [-0.2, -0.15) is 0 Å². The van der Waals surface area contributed by atoms with Crippen molar-refractivity contribution in [2.45, 2.75) is 30.1 Å². The number of sulfonamides is 1. The van der Waals surface area contributed by atoms with E-state index in [0.29, 0.717) is 34.7 Å². The third-order valence-corrected chi connectivity index (χ3v) is 8.65. The summed E-state index contributed by atoms with van der Waals surface area (Å²) in [7, 11) is 2.60. The Morgan fingerprint density at radius 1 is 1.08 bits per heavy atom. The minimum atomic E-state index is -3.69. The van der Waals surface area contributed by atoms with Crippen LogP contribution in [0.4, 0.5) is 10.1 Å². The fourth-order valence-corrected chi connectivity index (χ4v) is 5.03. The molecule has 1 aliphatic rings. The van der Waals surface area contributed by atoms with Gasteiger partial charge in [0.25, 0.3) is 0 Å². The van der Waals surface area contributed by atoms with Crippen LogP contribution in [0, 0.1) is 5.82 Å². The third-order valence-electron chi connectivity index (χ3n) is 6.53. The molecule has 194 valence electrons. The number of rotatable bonds is 10. The normalized spacial score (nSPS) is 15.0. The Morgan fingerprint density at radius 2 is 1.84 bits per heavy atom. The van der Waals surface area contributed by atoms with Crippen LogP contribution in [0.1, 0.15) is 25.7 Å². The average molecular weight is 524 g/mol.